The van der Waals surface area contributed by atoms with Gasteiger partial charge in [-0.1, -0.05) is 30.3 Å². The molecule has 0 bridgehead atoms. The molecule has 0 aromatic heterocycles. The number of rotatable bonds is 5. The van der Waals surface area contributed by atoms with Crippen LogP contribution in [0.2, 0.25) is 0 Å². The summed E-state index contributed by atoms with van der Waals surface area (Å²) in [6, 6.07) is 10.9. The summed E-state index contributed by atoms with van der Waals surface area (Å²) in [4.78, 5) is 9.37. The maximum atomic E-state index is 5.59. The zero-order valence-electron chi connectivity index (χ0n) is 17.7. The van der Waals surface area contributed by atoms with Crippen molar-refractivity contribution < 1.29 is 4.74 Å². The van der Waals surface area contributed by atoms with Gasteiger partial charge in [0.1, 0.15) is 0 Å². The van der Waals surface area contributed by atoms with E-state index >= 15 is 0 Å². The number of ether oxygens (including phenoxy) is 1. The zero-order valence-corrected chi connectivity index (χ0v) is 20.0. The number of piperidine rings is 1. The Morgan fingerprint density at radius 1 is 1.18 bits per heavy atom. The fourth-order valence-electron chi connectivity index (χ4n) is 4.41. The maximum Gasteiger partial charge on any atom is 0.193 e. The van der Waals surface area contributed by atoms with Crippen molar-refractivity contribution in [1.29, 1.82) is 0 Å². The summed E-state index contributed by atoms with van der Waals surface area (Å²) < 4.78 is 5.59. The second-order valence-corrected chi connectivity index (χ2v) is 8.25. The van der Waals surface area contributed by atoms with Gasteiger partial charge in [0, 0.05) is 45.4 Å². The van der Waals surface area contributed by atoms with Gasteiger partial charge < -0.3 is 19.9 Å². The Morgan fingerprint density at radius 3 is 2.39 bits per heavy atom. The molecule has 1 aromatic rings. The first kappa shape index (κ1) is 23.4. The zero-order chi connectivity index (χ0) is 19.1. The van der Waals surface area contributed by atoms with Gasteiger partial charge in [0.15, 0.2) is 5.96 Å². The van der Waals surface area contributed by atoms with E-state index in [1.807, 2.05) is 7.05 Å². The molecule has 1 aromatic carbocycles. The molecule has 2 saturated heterocycles. The first-order valence-electron chi connectivity index (χ1n) is 10.4. The molecule has 0 saturated carbocycles. The first-order valence-corrected chi connectivity index (χ1v) is 10.4. The van der Waals surface area contributed by atoms with Gasteiger partial charge in [-0.15, -0.1) is 24.0 Å². The van der Waals surface area contributed by atoms with Crippen LogP contribution in [0.25, 0.3) is 0 Å². The summed E-state index contributed by atoms with van der Waals surface area (Å²) in [5.74, 6) is 1.84. The monoisotopic (exact) mass is 500 g/mol. The lowest BCUT2D eigenvalue weighted by Gasteiger charge is -2.44. The van der Waals surface area contributed by atoms with Crippen LogP contribution < -0.4 is 5.32 Å². The maximum absolute atomic E-state index is 5.59. The third-order valence-corrected chi connectivity index (χ3v) is 6.44. The van der Waals surface area contributed by atoms with E-state index in [4.69, 9.17) is 4.74 Å². The van der Waals surface area contributed by atoms with Crippen molar-refractivity contribution in [2.75, 3.05) is 54.0 Å². The Balaban J connectivity index is 0.00000280. The number of hydrogen-bond donors (Lipinski definition) is 1. The Labute approximate surface area is 187 Å². The van der Waals surface area contributed by atoms with Gasteiger partial charge in [0.05, 0.1) is 0 Å². The molecule has 3 rings (SSSR count). The van der Waals surface area contributed by atoms with E-state index in [-0.39, 0.29) is 29.5 Å². The van der Waals surface area contributed by atoms with Crippen molar-refractivity contribution in [2.24, 2.45) is 10.9 Å². The van der Waals surface area contributed by atoms with Crippen molar-refractivity contribution in [1.82, 2.24) is 15.1 Å². The van der Waals surface area contributed by atoms with Gasteiger partial charge in [0.25, 0.3) is 0 Å². The van der Waals surface area contributed by atoms with Gasteiger partial charge in [-0.25, -0.2) is 0 Å². The molecule has 2 aliphatic heterocycles. The highest BCUT2D eigenvalue weighted by atomic mass is 127. The average Bonchev–Trinajstić information content (AvgIpc) is 2.71. The summed E-state index contributed by atoms with van der Waals surface area (Å²) in [5.41, 5.74) is 1.63. The highest BCUT2D eigenvalue weighted by Gasteiger charge is 2.35. The molecule has 2 fully saturated rings. The number of likely N-dealkylation sites (tertiary alicyclic amines) is 1. The summed E-state index contributed by atoms with van der Waals surface area (Å²) in [6.45, 7) is 4.82. The van der Waals surface area contributed by atoms with Crippen LogP contribution >= 0.6 is 24.0 Å². The number of nitrogens with one attached hydrogen (secondary N) is 1. The van der Waals surface area contributed by atoms with Crippen molar-refractivity contribution in [2.45, 2.75) is 37.6 Å². The van der Waals surface area contributed by atoms with Crippen LogP contribution in [0.3, 0.4) is 0 Å². The lowest BCUT2D eigenvalue weighted by Crippen LogP contribution is -2.58. The number of aliphatic imine (C=N–C) groups is 1. The Bertz CT molecular complexity index is 594. The second-order valence-electron chi connectivity index (χ2n) is 8.25. The Hall–Kier alpha value is -0.860. The molecule has 2 aliphatic rings. The number of nitrogens with zero attached hydrogens (tertiary/aromatic N) is 3. The van der Waals surface area contributed by atoms with Crippen LogP contribution in [-0.2, 0) is 11.2 Å². The number of halogens is 1. The van der Waals surface area contributed by atoms with E-state index < -0.39 is 0 Å². The molecule has 0 aliphatic carbocycles. The van der Waals surface area contributed by atoms with E-state index in [0.717, 1.165) is 57.6 Å². The molecule has 0 unspecified atom stereocenters. The highest BCUT2D eigenvalue weighted by Crippen LogP contribution is 2.26. The van der Waals surface area contributed by atoms with Crippen LogP contribution in [0.1, 0.15) is 31.2 Å². The lowest BCUT2D eigenvalue weighted by atomic mass is 9.88. The first-order chi connectivity index (χ1) is 13.1. The van der Waals surface area contributed by atoms with Crippen molar-refractivity contribution in [3.8, 4) is 0 Å². The largest absolute Gasteiger partial charge is 0.381 e. The molecule has 0 amide bonds. The van der Waals surface area contributed by atoms with Gasteiger partial charge in [-0.2, -0.15) is 0 Å². The van der Waals surface area contributed by atoms with Crippen LogP contribution in [0.15, 0.2) is 35.3 Å². The van der Waals surface area contributed by atoms with Crippen LogP contribution in [0.5, 0.6) is 0 Å². The fourth-order valence-corrected chi connectivity index (χ4v) is 4.41. The molecule has 2 heterocycles. The highest BCUT2D eigenvalue weighted by molar-refractivity contribution is 14.0. The number of benzene rings is 1. The normalized spacial score (nSPS) is 20.7. The van der Waals surface area contributed by atoms with Gasteiger partial charge >= 0.3 is 0 Å². The topological polar surface area (TPSA) is 40.1 Å². The van der Waals surface area contributed by atoms with Crippen molar-refractivity contribution in [3.05, 3.63) is 35.9 Å². The second kappa shape index (κ2) is 11.4. The third-order valence-electron chi connectivity index (χ3n) is 6.44. The molecule has 1 N–H and O–H groups in total. The summed E-state index contributed by atoms with van der Waals surface area (Å²) in [6.07, 6.45) is 5.82. The molecule has 5 nitrogen and oxygen atoms in total. The molecular formula is C22H37IN4O. The summed E-state index contributed by atoms with van der Waals surface area (Å²) >= 11 is 0. The Morgan fingerprint density at radius 2 is 1.82 bits per heavy atom. The standard InChI is InChI=1S/C22H36N4O.HI/c1-23-21(24-18-22(25(2)3)11-15-27-16-12-22)26-13-9-20(10-14-26)17-19-7-5-4-6-8-19;/h4-8,20H,9-18H2,1-3H3,(H,23,24);1H. The minimum atomic E-state index is 0. The van der Waals surface area contributed by atoms with Crippen LogP contribution in [0, 0.1) is 5.92 Å². The molecule has 158 valence electrons. The number of hydrogen-bond acceptors (Lipinski definition) is 3. The predicted molar refractivity (Wildman–Crippen MR) is 128 cm³/mol. The number of guanidine groups is 1. The molecule has 6 heteroatoms. The van der Waals surface area contributed by atoms with E-state index in [0.29, 0.717) is 0 Å². The predicted octanol–water partition coefficient (Wildman–Crippen LogP) is 3.25. The molecular weight excluding hydrogens is 463 g/mol. The quantitative estimate of drug-likeness (QED) is 0.383. The summed E-state index contributed by atoms with van der Waals surface area (Å²) in [7, 11) is 6.28. The van der Waals surface area contributed by atoms with E-state index in [1.165, 1.54) is 24.8 Å². The third kappa shape index (κ3) is 6.07. The van der Waals surface area contributed by atoms with Crippen LogP contribution in [0.4, 0.5) is 0 Å². The van der Waals surface area contributed by atoms with E-state index in [2.05, 4.69) is 64.5 Å². The summed E-state index contributed by atoms with van der Waals surface area (Å²) in [5, 5.41) is 3.67. The average molecular weight is 500 g/mol. The van der Waals surface area contributed by atoms with Gasteiger partial charge in [0.2, 0.25) is 0 Å². The molecule has 28 heavy (non-hydrogen) atoms. The van der Waals surface area contributed by atoms with Crippen molar-refractivity contribution in [3.63, 3.8) is 0 Å². The SMILES string of the molecule is CN=C(NCC1(N(C)C)CCOCC1)N1CCC(Cc2ccccc2)CC1.I. The number of likely N-dealkylation sites (N-methyl/N-ethyl adjacent to an activating group) is 1. The van der Waals surface area contributed by atoms with Crippen LogP contribution in [-0.4, -0.2) is 75.3 Å². The molecule has 0 radical (unpaired) electrons. The fraction of sp³-hybridized carbons (Fsp3) is 0.682. The van der Waals surface area contributed by atoms with E-state index in [9.17, 15) is 0 Å². The van der Waals surface area contributed by atoms with Gasteiger partial charge in [-0.05, 0) is 57.7 Å². The van der Waals surface area contributed by atoms with Gasteiger partial charge in [-0.3, -0.25) is 4.99 Å². The van der Waals surface area contributed by atoms with E-state index in [1.54, 1.807) is 0 Å². The lowest BCUT2D eigenvalue weighted by molar-refractivity contribution is -0.00531. The van der Waals surface area contributed by atoms with Crippen molar-refractivity contribution >= 4 is 29.9 Å². The minimum absolute atomic E-state index is 0. The smallest absolute Gasteiger partial charge is 0.193 e. The molecule has 0 atom stereocenters. The minimum Gasteiger partial charge on any atom is -0.381 e. The molecule has 0 spiro atoms. The Kier molecular flexibility index (Phi) is 9.50.